The Bertz CT molecular complexity index is 377. The third-order valence-electron chi connectivity index (χ3n) is 3.47. The molecular weight excluding hydrogens is 278 g/mol. The van der Waals surface area contributed by atoms with E-state index in [2.05, 4.69) is 5.32 Å². The van der Waals surface area contributed by atoms with Gasteiger partial charge < -0.3 is 24.3 Å². The lowest BCUT2D eigenvalue weighted by atomic mass is 10.2. The van der Waals surface area contributed by atoms with E-state index in [0.717, 1.165) is 0 Å². The fourth-order valence-corrected chi connectivity index (χ4v) is 2.57. The summed E-state index contributed by atoms with van der Waals surface area (Å²) in [7, 11) is 4.36. The van der Waals surface area contributed by atoms with Crippen LogP contribution in [0.15, 0.2) is 0 Å². The Morgan fingerprint density at radius 2 is 1.52 bits per heavy atom. The third-order valence-corrected chi connectivity index (χ3v) is 3.47. The molecule has 122 valence electrons. The van der Waals surface area contributed by atoms with Gasteiger partial charge in [0, 0.05) is 26.1 Å². The molecule has 1 amide bonds. The van der Waals surface area contributed by atoms with E-state index < -0.39 is 23.2 Å². The molecule has 0 radical (unpaired) electrons. The highest BCUT2D eigenvalue weighted by Crippen LogP contribution is 2.51. The van der Waals surface area contributed by atoms with Gasteiger partial charge in [0.05, 0.1) is 20.3 Å². The summed E-state index contributed by atoms with van der Waals surface area (Å²) in [6.45, 7) is 5.90. The monoisotopic (exact) mass is 303 g/mol. The Morgan fingerprint density at radius 1 is 1.05 bits per heavy atom. The molecule has 7 nitrogen and oxygen atoms in total. The minimum absolute atomic E-state index is 0.206. The van der Waals surface area contributed by atoms with Crippen molar-refractivity contribution in [3.63, 3.8) is 0 Å². The van der Waals surface area contributed by atoms with Crippen molar-refractivity contribution >= 4 is 12.1 Å². The minimum atomic E-state index is -1.15. The number of amides is 1. The van der Waals surface area contributed by atoms with Crippen LogP contribution < -0.4 is 5.32 Å². The van der Waals surface area contributed by atoms with Crippen LogP contribution in [0.5, 0.6) is 0 Å². The van der Waals surface area contributed by atoms with Crippen molar-refractivity contribution < 1.29 is 28.5 Å². The molecule has 21 heavy (non-hydrogen) atoms. The molecule has 0 aliphatic heterocycles. The van der Waals surface area contributed by atoms with Crippen molar-refractivity contribution in [2.75, 3.05) is 34.5 Å². The number of ether oxygens (including phenoxy) is 4. The van der Waals surface area contributed by atoms with Crippen LogP contribution in [0, 0.1) is 11.8 Å². The zero-order valence-corrected chi connectivity index (χ0v) is 13.5. The summed E-state index contributed by atoms with van der Waals surface area (Å²) in [5, 5.41) is 2.65. The summed E-state index contributed by atoms with van der Waals surface area (Å²) < 4.78 is 20.3. The molecule has 0 aromatic rings. The highest BCUT2D eigenvalue weighted by molar-refractivity contribution is 5.90. The van der Waals surface area contributed by atoms with Gasteiger partial charge in [-0.2, -0.15) is 0 Å². The first-order valence-corrected chi connectivity index (χ1v) is 6.80. The van der Waals surface area contributed by atoms with E-state index in [9.17, 15) is 9.59 Å². The smallest absolute Gasteiger partial charge is 0.408 e. The molecule has 0 saturated heterocycles. The summed E-state index contributed by atoms with van der Waals surface area (Å²) in [6, 6.07) is 0. The van der Waals surface area contributed by atoms with E-state index in [0.29, 0.717) is 13.2 Å². The molecule has 1 saturated carbocycles. The third kappa shape index (κ3) is 3.85. The van der Waals surface area contributed by atoms with E-state index in [1.807, 2.05) is 0 Å². The predicted octanol–water partition coefficient (Wildman–Crippen LogP) is 0.962. The summed E-state index contributed by atoms with van der Waals surface area (Å²) in [5.41, 5.74) is -1.80. The topological polar surface area (TPSA) is 83.1 Å². The van der Waals surface area contributed by atoms with Gasteiger partial charge in [-0.25, -0.2) is 9.59 Å². The maximum atomic E-state index is 12.2. The average Bonchev–Trinajstić information content (AvgIpc) is 2.94. The molecule has 0 spiro atoms. The molecule has 0 heterocycles. The SMILES string of the molecule is COC[C@@H]1[C@@H](COC)C1(NC(=O)OC(C)(C)C)C(=O)OC. The van der Waals surface area contributed by atoms with Gasteiger partial charge in [-0.1, -0.05) is 0 Å². The van der Waals surface area contributed by atoms with Crippen molar-refractivity contribution in [3.8, 4) is 0 Å². The van der Waals surface area contributed by atoms with Gasteiger partial charge in [0.25, 0.3) is 0 Å². The molecule has 1 aliphatic carbocycles. The van der Waals surface area contributed by atoms with Crippen molar-refractivity contribution in [1.29, 1.82) is 0 Å². The quantitative estimate of drug-likeness (QED) is 0.736. The largest absolute Gasteiger partial charge is 0.467 e. The van der Waals surface area contributed by atoms with Gasteiger partial charge in [-0.15, -0.1) is 0 Å². The van der Waals surface area contributed by atoms with Crippen LogP contribution in [0.1, 0.15) is 20.8 Å². The van der Waals surface area contributed by atoms with E-state index in [1.165, 1.54) is 21.3 Å². The van der Waals surface area contributed by atoms with E-state index in [4.69, 9.17) is 18.9 Å². The van der Waals surface area contributed by atoms with Crippen molar-refractivity contribution in [2.24, 2.45) is 11.8 Å². The number of esters is 1. The number of hydrogen-bond donors (Lipinski definition) is 1. The molecule has 0 unspecified atom stereocenters. The molecule has 0 bridgehead atoms. The Kier molecular flexibility index (Phi) is 5.58. The van der Waals surface area contributed by atoms with E-state index in [-0.39, 0.29) is 11.8 Å². The van der Waals surface area contributed by atoms with Gasteiger partial charge in [-0.05, 0) is 20.8 Å². The molecule has 1 aliphatic rings. The van der Waals surface area contributed by atoms with Gasteiger partial charge in [0.1, 0.15) is 5.60 Å². The highest BCUT2D eigenvalue weighted by Gasteiger charge is 2.71. The second-order valence-corrected chi connectivity index (χ2v) is 6.11. The molecule has 0 aromatic carbocycles. The summed E-state index contributed by atoms with van der Waals surface area (Å²) in [5.74, 6) is -0.928. The Hall–Kier alpha value is -1.34. The number of nitrogens with one attached hydrogen (secondary N) is 1. The first-order chi connectivity index (χ1) is 9.72. The number of hydrogen-bond acceptors (Lipinski definition) is 6. The Balaban J connectivity index is 2.90. The number of alkyl carbamates (subject to hydrolysis) is 1. The minimum Gasteiger partial charge on any atom is -0.467 e. The van der Waals surface area contributed by atoms with Crippen LogP contribution in [-0.2, 0) is 23.7 Å². The van der Waals surface area contributed by atoms with Gasteiger partial charge in [-0.3, -0.25) is 0 Å². The number of carbonyl (C=O) groups excluding carboxylic acids is 2. The second-order valence-electron chi connectivity index (χ2n) is 6.11. The summed E-state index contributed by atoms with van der Waals surface area (Å²) in [4.78, 5) is 24.2. The van der Waals surface area contributed by atoms with Gasteiger partial charge in [0.2, 0.25) is 0 Å². The van der Waals surface area contributed by atoms with Crippen LogP contribution in [0.3, 0.4) is 0 Å². The lowest BCUT2D eigenvalue weighted by molar-refractivity contribution is -0.145. The molecule has 2 atom stereocenters. The standard InChI is InChI=1S/C14H25NO6/c1-13(2,3)21-12(17)15-14(11(16)20-6)9(7-18-4)10(14)8-19-5/h9-10H,7-8H2,1-6H3,(H,15,17)/t9-,10-/m1/s1. The van der Waals surface area contributed by atoms with Crippen LogP contribution in [0.4, 0.5) is 4.79 Å². The van der Waals surface area contributed by atoms with Crippen molar-refractivity contribution in [3.05, 3.63) is 0 Å². The zero-order chi connectivity index (χ0) is 16.3. The van der Waals surface area contributed by atoms with Crippen LogP contribution in [0.2, 0.25) is 0 Å². The van der Waals surface area contributed by atoms with Crippen molar-refractivity contribution in [1.82, 2.24) is 5.32 Å². The first kappa shape index (κ1) is 17.7. The highest BCUT2D eigenvalue weighted by atomic mass is 16.6. The maximum Gasteiger partial charge on any atom is 0.408 e. The first-order valence-electron chi connectivity index (χ1n) is 6.80. The fraction of sp³-hybridized carbons (Fsp3) is 0.857. The van der Waals surface area contributed by atoms with E-state index >= 15 is 0 Å². The van der Waals surface area contributed by atoms with Crippen LogP contribution in [-0.4, -0.2) is 57.7 Å². The molecule has 1 N–H and O–H groups in total. The second kappa shape index (κ2) is 6.62. The fourth-order valence-electron chi connectivity index (χ4n) is 2.57. The molecule has 1 rings (SSSR count). The number of carbonyl (C=O) groups is 2. The Labute approximate surface area is 125 Å². The zero-order valence-electron chi connectivity index (χ0n) is 13.5. The molecule has 0 aromatic heterocycles. The molecular formula is C14H25NO6. The van der Waals surface area contributed by atoms with Crippen molar-refractivity contribution in [2.45, 2.75) is 31.9 Å². The molecule has 1 fully saturated rings. The Morgan fingerprint density at radius 3 is 1.86 bits per heavy atom. The summed E-state index contributed by atoms with van der Waals surface area (Å²) >= 11 is 0. The number of rotatable bonds is 6. The van der Waals surface area contributed by atoms with Gasteiger partial charge >= 0.3 is 12.1 Å². The average molecular weight is 303 g/mol. The summed E-state index contributed by atoms with van der Waals surface area (Å²) in [6.07, 6.45) is -0.660. The maximum absolute atomic E-state index is 12.2. The lowest BCUT2D eigenvalue weighted by Gasteiger charge is -2.23. The predicted molar refractivity (Wildman–Crippen MR) is 74.8 cm³/mol. The molecule has 7 heteroatoms. The lowest BCUT2D eigenvalue weighted by Crippen LogP contribution is -2.49. The van der Waals surface area contributed by atoms with Crippen LogP contribution in [0.25, 0.3) is 0 Å². The van der Waals surface area contributed by atoms with Gasteiger partial charge in [0.15, 0.2) is 5.54 Å². The number of methoxy groups -OCH3 is 3. The normalized spacial score (nSPS) is 27.9. The van der Waals surface area contributed by atoms with E-state index in [1.54, 1.807) is 20.8 Å². The van der Waals surface area contributed by atoms with Crippen LogP contribution >= 0.6 is 0 Å².